The van der Waals surface area contributed by atoms with E-state index in [0.29, 0.717) is 0 Å². The molecule has 4 heteroatoms. The molecule has 0 spiro atoms. The van der Waals surface area contributed by atoms with E-state index in [-0.39, 0.29) is 25.0 Å². The Morgan fingerprint density at radius 1 is 1.25 bits per heavy atom. The first-order valence-electron chi connectivity index (χ1n) is 8.71. The number of benzene rings is 1. The summed E-state index contributed by atoms with van der Waals surface area (Å²) in [5, 5.41) is 0. The first-order chi connectivity index (χ1) is 11.6. The third-order valence-corrected chi connectivity index (χ3v) is 5.02. The van der Waals surface area contributed by atoms with Crippen LogP contribution in [0.2, 0.25) is 0 Å². The molecule has 1 fully saturated rings. The van der Waals surface area contributed by atoms with Gasteiger partial charge in [0.15, 0.2) is 0 Å². The summed E-state index contributed by atoms with van der Waals surface area (Å²) in [6.45, 7) is 2.19. The molecule has 24 heavy (non-hydrogen) atoms. The van der Waals surface area contributed by atoms with Crippen molar-refractivity contribution >= 4 is 11.9 Å². The van der Waals surface area contributed by atoms with E-state index < -0.39 is 11.5 Å². The lowest BCUT2D eigenvalue weighted by molar-refractivity contribution is -0.152. The minimum atomic E-state index is -0.565. The average molecular weight is 328 g/mol. The van der Waals surface area contributed by atoms with E-state index in [1.54, 1.807) is 0 Å². The molecule has 128 valence electrons. The predicted octanol–water partition coefficient (Wildman–Crippen LogP) is 3.94. The molecule has 1 aromatic rings. The number of allylic oxidation sites excluding steroid dienone is 1. The fraction of sp³-hybridized carbons (Fsp3) is 0.500. The number of hydrogen-bond acceptors (Lipinski definition) is 4. The highest BCUT2D eigenvalue weighted by Gasteiger charge is 2.50. The second-order valence-electron chi connectivity index (χ2n) is 6.84. The third-order valence-electron chi connectivity index (χ3n) is 5.02. The number of fused-ring (bicyclic) bond motifs is 1. The van der Waals surface area contributed by atoms with Gasteiger partial charge < -0.3 is 9.47 Å². The van der Waals surface area contributed by atoms with E-state index in [1.807, 2.05) is 37.3 Å². The van der Waals surface area contributed by atoms with Crippen molar-refractivity contribution in [3.05, 3.63) is 47.5 Å². The van der Waals surface area contributed by atoms with Crippen LogP contribution < -0.4 is 0 Å². The summed E-state index contributed by atoms with van der Waals surface area (Å²) >= 11 is 0. The number of cyclic esters (lactones) is 1. The molecule has 0 radical (unpaired) electrons. The SMILES string of the molecule is C[C@]12CCCCC/C=C\1[C@@H](CC(=O)OCc1ccccc1)OC2=O. The first-order valence-corrected chi connectivity index (χ1v) is 8.71. The molecule has 1 aliphatic heterocycles. The van der Waals surface area contributed by atoms with E-state index in [0.717, 1.165) is 43.2 Å². The summed E-state index contributed by atoms with van der Waals surface area (Å²) in [6.07, 6.45) is 6.76. The van der Waals surface area contributed by atoms with E-state index >= 15 is 0 Å². The highest BCUT2D eigenvalue weighted by molar-refractivity contribution is 5.85. The number of esters is 2. The summed E-state index contributed by atoms with van der Waals surface area (Å²) in [5.74, 6) is -0.527. The molecule has 0 aromatic heterocycles. The lowest BCUT2D eigenvalue weighted by Crippen LogP contribution is -2.25. The van der Waals surface area contributed by atoms with Gasteiger partial charge in [-0.25, -0.2) is 0 Å². The molecule has 0 N–H and O–H groups in total. The van der Waals surface area contributed by atoms with Crippen molar-refractivity contribution in [2.75, 3.05) is 0 Å². The second-order valence-corrected chi connectivity index (χ2v) is 6.84. The van der Waals surface area contributed by atoms with Gasteiger partial charge in [-0.1, -0.05) is 49.2 Å². The Labute approximate surface area is 142 Å². The van der Waals surface area contributed by atoms with Gasteiger partial charge in [0.2, 0.25) is 0 Å². The Morgan fingerprint density at radius 2 is 2.04 bits per heavy atom. The summed E-state index contributed by atoms with van der Waals surface area (Å²) in [6, 6.07) is 9.57. The van der Waals surface area contributed by atoms with Crippen molar-refractivity contribution in [3.8, 4) is 0 Å². The lowest BCUT2D eigenvalue weighted by Gasteiger charge is -2.24. The standard InChI is InChI=1S/C20H24O4/c1-20-12-8-3-2-7-11-16(20)17(24-19(20)22)13-18(21)23-14-15-9-5-4-6-10-15/h4-6,9-11,17H,2-3,7-8,12-14H2,1H3/b16-11-/t17-,20+/m1/s1. The van der Waals surface area contributed by atoms with Crippen LogP contribution in [0.25, 0.3) is 0 Å². The van der Waals surface area contributed by atoms with Gasteiger partial charge in [0, 0.05) is 0 Å². The summed E-state index contributed by atoms with van der Waals surface area (Å²) < 4.78 is 10.9. The molecular formula is C20H24O4. The van der Waals surface area contributed by atoms with E-state index in [2.05, 4.69) is 6.08 Å². The summed E-state index contributed by atoms with van der Waals surface area (Å²) in [5.41, 5.74) is 1.36. The third kappa shape index (κ3) is 3.53. The van der Waals surface area contributed by atoms with Gasteiger partial charge in [-0.3, -0.25) is 9.59 Å². The van der Waals surface area contributed by atoms with Crippen molar-refractivity contribution in [1.29, 1.82) is 0 Å². The van der Waals surface area contributed by atoms with Gasteiger partial charge in [-0.2, -0.15) is 0 Å². The van der Waals surface area contributed by atoms with Gasteiger partial charge in [-0.15, -0.1) is 0 Å². The topological polar surface area (TPSA) is 52.6 Å². The highest BCUT2D eigenvalue weighted by Crippen LogP contribution is 2.45. The largest absolute Gasteiger partial charge is 0.461 e. The van der Waals surface area contributed by atoms with Crippen LogP contribution in [0.15, 0.2) is 42.0 Å². The second kappa shape index (κ2) is 7.20. The molecule has 0 bridgehead atoms. The molecule has 4 nitrogen and oxygen atoms in total. The van der Waals surface area contributed by atoms with Crippen LogP contribution in [0.5, 0.6) is 0 Å². The van der Waals surface area contributed by atoms with Crippen LogP contribution in [0.3, 0.4) is 0 Å². The molecule has 2 aliphatic rings. The van der Waals surface area contributed by atoms with Crippen molar-refractivity contribution < 1.29 is 19.1 Å². The van der Waals surface area contributed by atoms with E-state index in [1.165, 1.54) is 0 Å². The van der Waals surface area contributed by atoms with Crippen LogP contribution in [0, 0.1) is 5.41 Å². The Kier molecular flexibility index (Phi) is 5.03. The van der Waals surface area contributed by atoms with Crippen molar-refractivity contribution in [2.24, 2.45) is 5.41 Å². The zero-order valence-electron chi connectivity index (χ0n) is 14.1. The molecule has 1 aromatic carbocycles. The zero-order chi connectivity index (χ0) is 17.0. The minimum Gasteiger partial charge on any atom is -0.461 e. The van der Waals surface area contributed by atoms with Crippen LogP contribution in [0.4, 0.5) is 0 Å². The number of rotatable bonds is 4. The Balaban J connectivity index is 1.64. The van der Waals surface area contributed by atoms with Crippen molar-refractivity contribution in [2.45, 2.75) is 58.2 Å². The molecule has 1 aliphatic carbocycles. The van der Waals surface area contributed by atoms with Crippen LogP contribution in [-0.4, -0.2) is 18.0 Å². The Hall–Kier alpha value is -2.10. The van der Waals surface area contributed by atoms with Crippen molar-refractivity contribution in [1.82, 2.24) is 0 Å². The first kappa shape index (κ1) is 16.7. The number of hydrogen-bond donors (Lipinski definition) is 0. The maximum absolute atomic E-state index is 12.4. The normalized spacial score (nSPS) is 28.8. The number of carbonyl (C=O) groups is 2. The smallest absolute Gasteiger partial charge is 0.316 e. The zero-order valence-corrected chi connectivity index (χ0v) is 14.1. The molecule has 0 saturated carbocycles. The van der Waals surface area contributed by atoms with Gasteiger partial charge in [0.1, 0.15) is 12.7 Å². The van der Waals surface area contributed by atoms with Crippen LogP contribution in [0.1, 0.15) is 51.0 Å². The molecule has 1 saturated heterocycles. The maximum Gasteiger partial charge on any atom is 0.316 e. The van der Waals surface area contributed by atoms with Gasteiger partial charge >= 0.3 is 11.9 Å². The van der Waals surface area contributed by atoms with Crippen LogP contribution in [-0.2, 0) is 25.7 Å². The highest BCUT2D eigenvalue weighted by atomic mass is 16.6. The van der Waals surface area contributed by atoms with E-state index in [4.69, 9.17) is 9.47 Å². The Bertz CT molecular complexity index is 634. The monoisotopic (exact) mass is 328 g/mol. The summed E-state index contributed by atoms with van der Waals surface area (Å²) in [4.78, 5) is 24.5. The number of carbonyl (C=O) groups excluding carboxylic acids is 2. The maximum atomic E-state index is 12.4. The molecular weight excluding hydrogens is 304 g/mol. The fourth-order valence-corrected chi connectivity index (χ4v) is 3.56. The van der Waals surface area contributed by atoms with Gasteiger partial charge in [0.05, 0.1) is 11.8 Å². The van der Waals surface area contributed by atoms with Gasteiger partial charge in [-0.05, 0) is 37.3 Å². The quantitative estimate of drug-likeness (QED) is 0.620. The van der Waals surface area contributed by atoms with E-state index in [9.17, 15) is 9.59 Å². The Morgan fingerprint density at radius 3 is 2.83 bits per heavy atom. The molecule has 1 heterocycles. The molecule has 2 atom stereocenters. The average Bonchev–Trinajstić information content (AvgIpc) is 2.78. The molecule has 0 amide bonds. The fourth-order valence-electron chi connectivity index (χ4n) is 3.56. The van der Waals surface area contributed by atoms with Gasteiger partial charge in [0.25, 0.3) is 0 Å². The molecule has 3 rings (SSSR count). The lowest BCUT2D eigenvalue weighted by atomic mass is 9.75. The summed E-state index contributed by atoms with van der Waals surface area (Å²) in [7, 11) is 0. The minimum absolute atomic E-state index is 0.0972. The number of ether oxygens (including phenoxy) is 2. The van der Waals surface area contributed by atoms with Crippen LogP contribution >= 0.6 is 0 Å². The molecule has 0 unspecified atom stereocenters. The predicted molar refractivity (Wildman–Crippen MR) is 90.0 cm³/mol. The van der Waals surface area contributed by atoms with Crippen molar-refractivity contribution in [3.63, 3.8) is 0 Å².